The number of aromatic nitrogens is 3. The number of carboxylic acids is 1. The van der Waals surface area contributed by atoms with E-state index in [9.17, 15) is 24.3 Å². The standard InChI is InChI=1S/C27H23ClN6O5/c1-13-14-9-10-19(16(14)8-7-15(13)27(38)39)32-26(37)22-11-21(25(36)29-2)31-23-17(12-30-34(22)23)24(35)33-20-6-4-3-5-18(20)28/h3-8,11-12,19H,9-10H2,1-2H3,(H,29,36)(H,32,37)(H,33,35)(H,38,39)/t19-/m0/s1. The van der Waals surface area contributed by atoms with E-state index in [2.05, 4.69) is 26.0 Å². The Morgan fingerprint density at radius 2 is 1.82 bits per heavy atom. The summed E-state index contributed by atoms with van der Waals surface area (Å²) in [6, 6.07) is 10.9. The van der Waals surface area contributed by atoms with Crippen molar-refractivity contribution in [2.45, 2.75) is 25.8 Å². The number of amides is 3. The van der Waals surface area contributed by atoms with Crippen molar-refractivity contribution in [2.75, 3.05) is 12.4 Å². The van der Waals surface area contributed by atoms with Crippen LogP contribution in [0.15, 0.2) is 48.7 Å². The van der Waals surface area contributed by atoms with Crippen LogP contribution in [0.4, 0.5) is 5.69 Å². The number of rotatable bonds is 6. The lowest BCUT2D eigenvalue weighted by atomic mass is 9.98. The Morgan fingerprint density at radius 3 is 2.54 bits per heavy atom. The van der Waals surface area contributed by atoms with Gasteiger partial charge in [-0.2, -0.15) is 5.10 Å². The molecule has 2 aromatic carbocycles. The van der Waals surface area contributed by atoms with Gasteiger partial charge in [-0.25, -0.2) is 14.3 Å². The first-order chi connectivity index (χ1) is 18.7. The molecule has 0 spiro atoms. The second-order valence-corrected chi connectivity index (χ2v) is 9.42. The normalized spacial score (nSPS) is 14.1. The zero-order valence-electron chi connectivity index (χ0n) is 20.9. The topological polar surface area (TPSA) is 155 Å². The molecular formula is C27H23ClN6O5. The third-order valence-corrected chi connectivity index (χ3v) is 7.09. The van der Waals surface area contributed by atoms with E-state index in [-0.39, 0.29) is 34.2 Å². The lowest BCUT2D eigenvalue weighted by Gasteiger charge is -2.16. The highest BCUT2D eigenvalue weighted by Gasteiger charge is 2.29. The smallest absolute Gasteiger partial charge is 0.335 e. The van der Waals surface area contributed by atoms with Crippen molar-refractivity contribution in [3.63, 3.8) is 0 Å². The van der Waals surface area contributed by atoms with Crippen molar-refractivity contribution in [2.24, 2.45) is 0 Å². The fourth-order valence-corrected chi connectivity index (χ4v) is 4.96. The van der Waals surface area contributed by atoms with Gasteiger partial charge < -0.3 is 21.1 Å². The van der Waals surface area contributed by atoms with Gasteiger partial charge in [0.25, 0.3) is 17.7 Å². The van der Waals surface area contributed by atoms with Crippen molar-refractivity contribution >= 4 is 46.6 Å². The highest BCUT2D eigenvalue weighted by atomic mass is 35.5. The average Bonchev–Trinajstić information content (AvgIpc) is 3.53. The van der Waals surface area contributed by atoms with E-state index in [0.29, 0.717) is 29.1 Å². The molecule has 0 radical (unpaired) electrons. The Kier molecular flexibility index (Phi) is 6.75. The molecule has 3 amide bonds. The maximum atomic E-state index is 13.5. The van der Waals surface area contributed by atoms with E-state index >= 15 is 0 Å². The van der Waals surface area contributed by atoms with Crippen LogP contribution in [-0.4, -0.2) is 50.4 Å². The van der Waals surface area contributed by atoms with Crippen LogP contribution in [-0.2, 0) is 6.42 Å². The first-order valence-electron chi connectivity index (χ1n) is 12.0. The molecule has 0 bridgehead atoms. The molecule has 198 valence electrons. The zero-order chi connectivity index (χ0) is 27.8. The highest BCUT2D eigenvalue weighted by Crippen LogP contribution is 2.35. The van der Waals surface area contributed by atoms with Crippen LogP contribution >= 0.6 is 11.6 Å². The molecule has 0 saturated heterocycles. The summed E-state index contributed by atoms with van der Waals surface area (Å²) in [7, 11) is 1.43. The van der Waals surface area contributed by atoms with Gasteiger partial charge in [-0.3, -0.25) is 14.4 Å². The summed E-state index contributed by atoms with van der Waals surface area (Å²) in [5, 5.41) is 22.1. The number of hydrogen-bond acceptors (Lipinski definition) is 6. The van der Waals surface area contributed by atoms with Crippen molar-refractivity contribution < 1.29 is 24.3 Å². The highest BCUT2D eigenvalue weighted by molar-refractivity contribution is 6.34. The van der Waals surface area contributed by atoms with Gasteiger partial charge in [-0.1, -0.05) is 29.8 Å². The monoisotopic (exact) mass is 546 g/mol. The molecule has 0 saturated carbocycles. The van der Waals surface area contributed by atoms with Crippen LogP contribution in [0.1, 0.15) is 70.8 Å². The van der Waals surface area contributed by atoms with Crippen molar-refractivity contribution in [3.05, 3.63) is 92.9 Å². The molecule has 0 aliphatic heterocycles. The molecular weight excluding hydrogens is 524 g/mol. The second-order valence-electron chi connectivity index (χ2n) is 9.01. The van der Waals surface area contributed by atoms with Gasteiger partial charge in [-0.05, 0) is 54.7 Å². The van der Waals surface area contributed by atoms with Gasteiger partial charge in [0, 0.05) is 13.1 Å². The molecule has 0 fully saturated rings. The molecule has 1 atom stereocenters. The van der Waals surface area contributed by atoms with E-state index in [4.69, 9.17) is 11.6 Å². The Morgan fingerprint density at radius 1 is 1.05 bits per heavy atom. The first kappa shape index (κ1) is 25.9. The molecule has 39 heavy (non-hydrogen) atoms. The number of benzene rings is 2. The van der Waals surface area contributed by atoms with E-state index in [1.54, 1.807) is 37.3 Å². The zero-order valence-corrected chi connectivity index (χ0v) is 21.7. The number of para-hydroxylation sites is 1. The summed E-state index contributed by atoms with van der Waals surface area (Å²) in [4.78, 5) is 54.9. The molecule has 4 N–H and O–H groups in total. The number of fused-ring (bicyclic) bond motifs is 2. The number of nitrogens with one attached hydrogen (secondary N) is 3. The van der Waals surface area contributed by atoms with Crippen LogP contribution in [0, 0.1) is 6.92 Å². The van der Waals surface area contributed by atoms with E-state index in [1.807, 2.05) is 0 Å². The Hall–Kier alpha value is -4.77. The molecule has 2 heterocycles. The molecule has 1 aliphatic rings. The maximum absolute atomic E-state index is 13.5. The summed E-state index contributed by atoms with van der Waals surface area (Å²) >= 11 is 6.16. The van der Waals surface area contributed by atoms with Crippen molar-refractivity contribution in [1.29, 1.82) is 0 Å². The van der Waals surface area contributed by atoms with Crippen LogP contribution in [0.25, 0.3) is 5.65 Å². The third-order valence-electron chi connectivity index (χ3n) is 6.76. The predicted molar refractivity (Wildman–Crippen MR) is 142 cm³/mol. The van der Waals surface area contributed by atoms with Crippen LogP contribution in [0.2, 0.25) is 5.02 Å². The number of hydrogen-bond donors (Lipinski definition) is 4. The van der Waals surface area contributed by atoms with Gasteiger partial charge >= 0.3 is 5.97 Å². The van der Waals surface area contributed by atoms with Gasteiger partial charge in [0.05, 0.1) is 28.5 Å². The minimum atomic E-state index is -1.00. The van der Waals surface area contributed by atoms with Crippen molar-refractivity contribution in [3.8, 4) is 0 Å². The quantitative estimate of drug-likeness (QED) is 0.289. The number of aromatic carboxylic acids is 1. The van der Waals surface area contributed by atoms with Crippen LogP contribution in [0.3, 0.4) is 0 Å². The number of halogens is 1. The Bertz CT molecular complexity index is 1680. The van der Waals surface area contributed by atoms with Gasteiger partial charge in [0.2, 0.25) is 0 Å². The maximum Gasteiger partial charge on any atom is 0.335 e. The first-order valence-corrected chi connectivity index (χ1v) is 12.4. The third kappa shape index (κ3) is 4.68. The molecule has 11 nitrogen and oxygen atoms in total. The summed E-state index contributed by atoms with van der Waals surface area (Å²) in [6.45, 7) is 1.76. The number of carboxylic acid groups (broad SMARTS) is 1. The Labute approximate surface area is 227 Å². The predicted octanol–water partition coefficient (Wildman–Crippen LogP) is 3.42. The summed E-state index contributed by atoms with van der Waals surface area (Å²) in [5.74, 6) is -2.66. The van der Waals surface area contributed by atoms with Crippen LogP contribution < -0.4 is 16.0 Å². The van der Waals surface area contributed by atoms with Crippen molar-refractivity contribution in [1.82, 2.24) is 25.2 Å². The minimum Gasteiger partial charge on any atom is -0.478 e. The molecule has 2 aromatic heterocycles. The minimum absolute atomic E-state index is 0.00252. The van der Waals surface area contributed by atoms with E-state index in [0.717, 1.165) is 11.1 Å². The summed E-state index contributed by atoms with van der Waals surface area (Å²) in [6.07, 6.45) is 2.45. The summed E-state index contributed by atoms with van der Waals surface area (Å²) in [5.41, 5.74) is 2.99. The fourth-order valence-electron chi connectivity index (χ4n) is 4.78. The summed E-state index contributed by atoms with van der Waals surface area (Å²) < 4.78 is 1.21. The SMILES string of the molecule is CNC(=O)c1cc(C(=O)N[C@H]2CCc3c2ccc(C(=O)O)c3C)n2ncc(C(=O)Nc3ccccc3Cl)c2n1. The number of carbonyl (C=O) groups is 4. The second kappa shape index (κ2) is 10.2. The Balaban J connectivity index is 1.50. The lowest BCUT2D eigenvalue weighted by Crippen LogP contribution is -2.30. The molecule has 4 aromatic rings. The van der Waals surface area contributed by atoms with Gasteiger partial charge in [-0.15, -0.1) is 0 Å². The fraction of sp³-hybridized carbons (Fsp3) is 0.185. The van der Waals surface area contributed by atoms with Crippen LogP contribution in [0.5, 0.6) is 0 Å². The molecule has 12 heteroatoms. The van der Waals surface area contributed by atoms with Gasteiger partial charge in [0.15, 0.2) is 5.65 Å². The number of nitrogens with zero attached hydrogens (tertiary/aromatic N) is 3. The molecule has 1 aliphatic carbocycles. The van der Waals surface area contributed by atoms with E-state index < -0.39 is 23.7 Å². The molecule has 0 unspecified atom stereocenters. The molecule has 5 rings (SSSR count). The van der Waals surface area contributed by atoms with E-state index in [1.165, 1.54) is 29.9 Å². The van der Waals surface area contributed by atoms with Gasteiger partial charge in [0.1, 0.15) is 17.0 Å². The lowest BCUT2D eigenvalue weighted by molar-refractivity contribution is 0.0695. The number of carbonyl (C=O) groups excluding carboxylic acids is 3. The number of anilines is 1. The average molecular weight is 547 g/mol. The largest absolute Gasteiger partial charge is 0.478 e.